The zero-order chi connectivity index (χ0) is 22.8. The first-order valence-corrected chi connectivity index (χ1v) is 9.81. The maximum atomic E-state index is 13.5. The fourth-order valence-electron chi connectivity index (χ4n) is 3.21. The van der Waals surface area contributed by atoms with Crippen molar-refractivity contribution < 1.29 is 18.7 Å². The average molecular weight is 454 g/mol. The standard InChI is InChI=1S/C23H17ClFN3O4/c1-31-15-10-14(11-16(12-15)32-2)28-23(30)18-6-4-3-5-17(18)21(27-28)22(29)26-13-7-8-20(25)19(24)9-13/h3-12H,1-2H3,(H,26,29). The zero-order valence-corrected chi connectivity index (χ0v) is 17.8. The molecule has 1 amide bonds. The summed E-state index contributed by atoms with van der Waals surface area (Å²) in [6.45, 7) is 0. The number of nitrogens with zero attached hydrogens (tertiary/aromatic N) is 2. The van der Waals surface area contributed by atoms with Crippen LogP contribution in [0, 0.1) is 5.82 Å². The van der Waals surface area contributed by atoms with Crippen LogP contribution in [-0.2, 0) is 0 Å². The van der Waals surface area contributed by atoms with Crippen LogP contribution in [0.5, 0.6) is 11.5 Å². The van der Waals surface area contributed by atoms with E-state index in [-0.39, 0.29) is 16.4 Å². The van der Waals surface area contributed by atoms with Crippen molar-refractivity contribution in [2.75, 3.05) is 19.5 Å². The molecule has 0 aliphatic heterocycles. The van der Waals surface area contributed by atoms with Crippen LogP contribution in [0.1, 0.15) is 10.5 Å². The Hall–Kier alpha value is -3.91. The van der Waals surface area contributed by atoms with Crippen molar-refractivity contribution in [3.05, 3.63) is 87.6 Å². The van der Waals surface area contributed by atoms with Gasteiger partial charge in [0, 0.05) is 29.3 Å². The third-order valence-electron chi connectivity index (χ3n) is 4.78. The minimum Gasteiger partial charge on any atom is -0.497 e. The van der Waals surface area contributed by atoms with Crippen molar-refractivity contribution in [3.63, 3.8) is 0 Å². The molecular formula is C23H17ClFN3O4. The fraction of sp³-hybridized carbons (Fsp3) is 0.0870. The Bertz CT molecular complexity index is 1380. The molecule has 0 aliphatic carbocycles. The van der Waals surface area contributed by atoms with E-state index >= 15 is 0 Å². The number of rotatable bonds is 5. The van der Waals surface area contributed by atoms with Crippen molar-refractivity contribution in [2.45, 2.75) is 0 Å². The highest BCUT2D eigenvalue weighted by atomic mass is 35.5. The van der Waals surface area contributed by atoms with Crippen molar-refractivity contribution in [1.82, 2.24) is 9.78 Å². The van der Waals surface area contributed by atoms with E-state index in [0.29, 0.717) is 28.0 Å². The van der Waals surface area contributed by atoms with E-state index in [0.717, 1.165) is 10.7 Å². The van der Waals surface area contributed by atoms with Crippen molar-refractivity contribution in [2.24, 2.45) is 0 Å². The largest absolute Gasteiger partial charge is 0.497 e. The second kappa shape index (κ2) is 8.68. The van der Waals surface area contributed by atoms with E-state index in [9.17, 15) is 14.0 Å². The van der Waals surface area contributed by atoms with Gasteiger partial charge in [0.2, 0.25) is 0 Å². The number of methoxy groups -OCH3 is 2. The molecule has 0 saturated heterocycles. The third kappa shape index (κ3) is 4.00. The van der Waals surface area contributed by atoms with Crippen LogP contribution in [0.15, 0.2) is 65.5 Å². The van der Waals surface area contributed by atoms with Crippen LogP contribution in [0.4, 0.5) is 10.1 Å². The maximum Gasteiger partial charge on any atom is 0.279 e. The van der Waals surface area contributed by atoms with Gasteiger partial charge in [0.05, 0.1) is 30.3 Å². The SMILES string of the molecule is COc1cc(OC)cc(-n2nc(C(=O)Nc3ccc(F)c(Cl)c3)c3ccccc3c2=O)c1. The number of amides is 1. The van der Waals surface area contributed by atoms with Gasteiger partial charge >= 0.3 is 0 Å². The highest BCUT2D eigenvalue weighted by Crippen LogP contribution is 2.25. The number of anilines is 1. The van der Waals surface area contributed by atoms with Crippen LogP contribution in [0.2, 0.25) is 5.02 Å². The van der Waals surface area contributed by atoms with Crippen molar-refractivity contribution in [1.29, 1.82) is 0 Å². The van der Waals surface area contributed by atoms with Gasteiger partial charge in [0.1, 0.15) is 17.3 Å². The van der Waals surface area contributed by atoms with Crippen molar-refractivity contribution in [3.8, 4) is 17.2 Å². The predicted octanol–water partition coefficient (Wildman–Crippen LogP) is 4.45. The van der Waals surface area contributed by atoms with Gasteiger partial charge in [-0.1, -0.05) is 29.8 Å². The molecular weight excluding hydrogens is 437 g/mol. The molecule has 1 heterocycles. The fourth-order valence-corrected chi connectivity index (χ4v) is 3.39. The molecule has 0 saturated carbocycles. The van der Waals surface area contributed by atoms with Crippen LogP contribution in [0.25, 0.3) is 16.5 Å². The quantitative estimate of drug-likeness (QED) is 0.483. The minimum absolute atomic E-state index is 0.00225. The summed E-state index contributed by atoms with van der Waals surface area (Å²) in [5.74, 6) is -0.289. The maximum absolute atomic E-state index is 13.5. The Morgan fingerprint density at radius 2 is 1.66 bits per heavy atom. The number of carbonyl (C=O) groups excluding carboxylic acids is 1. The first-order chi connectivity index (χ1) is 15.4. The molecule has 7 nitrogen and oxygen atoms in total. The Balaban J connectivity index is 1.88. The highest BCUT2D eigenvalue weighted by molar-refractivity contribution is 6.31. The normalized spacial score (nSPS) is 10.8. The lowest BCUT2D eigenvalue weighted by molar-refractivity contribution is 0.102. The Morgan fingerprint density at radius 3 is 2.28 bits per heavy atom. The summed E-state index contributed by atoms with van der Waals surface area (Å²) < 4.78 is 25.1. The molecule has 0 unspecified atom stereocenters. The van der Waals surface area contributed by atoms with Gasteiger partial charge in [-0.2, -0.15) is 9.78 Å². The van der Waals surface area contributed by atoms with E-state index in [4.69, 9.17) is 21.1 Å². The number of hydrogen-bond acceptors (Lipinski definition) is 5. The van der Waals surface area contributed by atoms with Crippen LogP contribution in [0.3, 0.4) is 0 Å². The molecule has 4 aromatic rings. The summed E-state index contributed by atoms with van der Waals surface area (Å²) in [6, 6.07) is 15.3. The molecule has 0 aliphatic rings. The number of fused-ring (bicyclic) bond motifs is 1. The van der Waals surface area contributed by atoms with Gasteiger partial charge in [-0.05, 0) is 24.3 Å². The molecule has 1 aromatic heterocycles. The van der Waals surface area contributed by atoms with Crippen molar-refractivity contribution >= 4 is 34.0 Å². The summed E-state index contributed by atoms with van der Waals surface area (Å²) in [7, 11) is 2.98. The number of nitrogens with one attached hydrogen (secondary N) is 1. The van der Waals surface area contributed by atoms with Crippen LogP contribution in [-0.4, -0.2) is 29.9 Å². The Labute approximate surface area is 187 Å². The molecule has 162 valence electrons. The average Bonchev–Trinajstić information content (AvgIpc) is 2.81. The van der Waals surface area contributed by atoms with Crippen LogP contribution < -0.4 is 20.3 Å². The number of hydrogen-bond donors (Lipinski definition) is 1. The summed E-state index contributed by atoms with van der Waals surface area (Å²) >= 11 is 5.81. The molecule has 4 rings (SSSR count). The first kappa shape index (κ1) is 21.3. The second-order valence-electron chi connectivity index (χ2n) is 6.77. The van der Waals surface area contributed by atoms with E-state index in [1.807, 2.05) is 0 Å². The van der Waals surface area contributed by atoms with Gasteiger partial charge in [-0.3, -0.25) is 9.59 Å². The third-order valence-corrected chi connectivity index (χ3v) is 5.07. The van der Waals surface area contributed by atoms with E-state index in [2.05, 4.69) is 10.4 Å². The monoisotopic (exact) mass is 453 g/mol. The summed E-state index contributed by atoms with van der Waals surface area (Å²) in [4.78, 5) is 26.3. The zero-order valence-electron chi connectivity index (χ0n) is 17.1. The molecule has 3 aromatic carbocycles. The second-order valence-corrected chi connectivity index (χ2v) is 7.17. The topological polar surface area (TPSA) is 82.4 Å². The number of aromatic nitrogens is 2. The van der Waals surface area contributed by atoms with Gasteiger partial charge in [0.25, 0.3) is 11.5 Å². The summed E-state index contributed by atoms with van der Waals surface area (Å²) in [5.41, 5.74) is 0.226. The van der Waals surface area contributed by atoms with Gasteiger partial charge in [-0.15, -0.1) is 0 Å². The molecule has 1 N–H and O–H groups in total. The predicted molar refractivity (Wildman–Crippen MR) is 120 cm³/mol. The molecule has 9 heteroatoms. The lowest BCUT2D eigenvalue weighted by Crippen LogP contribution is -2.26. The molecule has 32 heavy (non-hydrogen) atoms. The van der Waals surface area contributed by atoms with E-state index < -0.39 is 17.3 Å². The molecule has 0 spiro atoms. The smallest absolute Gasteiger partial charge is 0.279 e. The van der Waals surface area contributed by atoms with E-state index in [1.165, 1.54) is 26.4 Å². The summed E-state index contributed by atoms with van der Waals surface area (Å²) in [6.07, 6.45) is 0. The molecule has 0 atom stereocenters. The lowest BCUT2D eigenvalue weighted by Gasteiger charge is -2.13. The summed E-state index contributed by atoms with van der Waals surface area (Å²) in [5, 5.41) is 7.51. The Kier molecular flexibility index (Phi) is 5.79. The number of ether oxygens (including phenoxy) is 2. The van der Waals surface area contributed by atoms with Crippen LogP contribution >= 0.6 is 11.6 Å². The van der Waals surface area contributed by atoms with Gasteiger partial charge in [-0.25, -0.2) is 4.39 Å². The molecule has 0 bridgehead atoms. The van der Waals surface area contributed by atoms with Gasteiger partial charge in [0.15, 0.2) is 5.69 Å². The lowest BCUT2D eigenvalue weighted by atomic mass is 10.1. The van der Waals surface area contributed by atoms with Gasteiger partial charge < -0.3 is 14.8 Å². The number of benzene rings is 3. The van der Waals surface area contributed by atoms with E-state index in [1.54, 1.807) is 42.5 Å². The minimum atomic E-state index is -0.603. The molecule has 0 radical (unpaired) electrons. The number of carbonyl (C=O) groups is 1. The first-order valence-electron chi connectivity index (χ1n) is 9.43. The number of halogens is 2. The molecule has 0 fully saturated rings. The Morgan fingerprint density at radius 1 is 1.00 bits per heavy atom. The highest BCUT2D eigenvalue weighted by Gasteiger charge is 2.19.